The molecule has 0 aliphatic rings. The van der Waals surface area contributed by atoms with Crippen molar-refractivity contribution in [2.45, 2.75) is 53.8 Å². The van der Waals surface area contributed by atoms with Gasteiger partial charge < -0.3 is 9.47 Å². The number of benzene rings is 4. The Morgan fingerprint density at radius 2 is 0.842 bits per heavy atom. The summed E-state index contributed by atoms with van der Waals surface area (Å²) >= 11 is 0. The van der Waals surface area contributed by atoms with Crippen molar-refractivity contribution >= 4 is 11.6 Å². The van der Waals surface area contributed by atoms with Crippen LogP contribution in [0.25, 0.3) is 0 Å². The molecule has 0 aliphatic heterocycles. The van der Waals surface area contributed by atoms with E-state index in [-0.39, 0.29) is 24.4 Å². The molecule has 0 aliphatic carbocycles. The summed E-state index contributed by atoms with van der Waals surface area (Å²) in [6, 6.07) is 27.4. The topological polar surface area (TPSA) is 52.6 Å². The van der Waals surface area contributed by atoms with Crippen molar-refractivity contribution in [1.29, 1.82) is 0 Å². The second-order valence-electron chi connectivity index (χ2n) is 9.77. The van der Waals surface area contributed by atoms with E-state index >= 15 is 0 Å². The Balaban J connectivity index is 1.36. The molecule has 0 N–H and O–H groups in total. The lowest BCUT2D eigenvalue weighted by Gasteiger charge is -2.15. The molecular formula is C34H34O4. The summed E-state index contributed by atoms with van der Waals surface area (Å²) in [6.45, 7) is 8.73. The Morgan fingerprint density at radius 3 is 1.16 bits per heavy atom. The van der Waals surface area contributed by atoms with Gasteiger partial charge in [0.05, 0.1) is 0 Å². The summed E-state index contributed by atoms with van der Waals surface area (Å²) in [5.41, 5.74) is 7.04. The van der Waals surface area contributed by atoms with Gasteiger partial charge in [-0.3, -0.25) is 9.59 Å². The number of ether oxygens (including phenoxy) is 2. The van der Waals surface area contributed by atoms with Crippen LogP contribution in [-0.4, -0.2) is 11.6 Å². The van der Waals surface area contributed by atoms with Crippen LogP contribution in [0.15, 0.2) is 84.9 Å². The van der Waals surface area contributed by atoms with Crippen LogP contribution in [0.5, 0.6) is 11.5 Å². The zero-order valence-corrected chi connectivity index (χ0v) is 22.5. The fourth-order valence-electron chi connectivity index (χ4n) is 4.65. The zero-order valence-electron chi connectivity index (χ0n) is 22.5. The van der Waals surface area contributed by atoms with Crippen molar-refractivity contribution in [3.05, 3.63) is 129 Å². The van der Waals surface area contributed by atoms with Crippen molar-refractivity contribution in [3.8, 4) is 11.5 Å². The Bertz CT molecular complexity index is 1260. The highest BCUT2D eigenvalue weighted by atomic mass is 16.5. The van der Waals surface area contributed by atoms with Gasteiger partial charge in [-0.05, 0) is 85.3 Å². The van der Waals surface area contributed by atoms with Gasteiger partial charge in [0.1, 0.15) is 24.7 Å². The zero-order chi connectivity index (χ0) is 27.1. The number of carbonyl (C=O) groups is 2. The second-order valence-corrected chi connectivity index (χ2v) is 9.77. The van der Waals surface area contributed by atoms with Crippen molar-refractivity contribution in [1.82, 2.24) is 0 Å². The SMILES string of the molecule is Cc1cc(C(=O)CCC(=O)c2cc(C)c(OCc3ccccc3)c(C)c2)cc(C)c1OCc1ccccc1. The average molecular weight is 507 g/mol. The molecule has 0 radical (unpaired) electrons. The molecule has 4 aromatic rings. The van der Waals surface area contributed by atoms with E-state index in [1.807, 2.05) is 113 Å². The predicted molar refractivity (Wildman–Crippen MR) is 151 cm³/mol. The Labute approximate surface area is 225 Å². The molecule has 0 atom stereocenters. The molecule has 4 nitrogen and oxygen atoms in total. The van der Waals surface area contributed by atoms with E-state index in [0.29, 0.717) is 24.3 Å². The number of carbonyl (C=O) groups excluding carboxylic acids is 2. The normalized spacial score (nSPS) is 10.7. The predicted octanol–water partition coefficient (Wildman–Crippen LogP) is 7.92. The summed E-state index contributed by atoms with van der Waals surface area (Å²) < 4.78 is 12.1. The van der Waals surface area contributed by atoms with E-state index in [0.717, 1.165) is 44.9 Å². The lowest BCUT2D eigenvalue weighted by atomic mass is 9.96. The molecule has 0 saturated carbocycles. The molecule has 0 fully saturated rings. The highest BCUT2D eigenvalue weighted by molar-refractivity contribution is 6.02. The molecule has 0 unspecified atom stereocenters. The first-order valence-corrected chi connectivity index (χ1v) is 12.9. The van der Waals surface area contributed by atoms with E-state index < -0.39 is 0 Å². The van der Waals surface area contributed by atoms with Crippen LogP contribution in [0.1, 0.15) is 66.9 Å². The lowest BCUT2D eigenvalue weighted by Crippen LogP contribution is -2.08. The third-order valence-corrected chi connectivity index (χ3v) is 6.60. The summed E-state index contributed by atoms with van der Waals surface area (Å²) in [4.78, 5) is 25.9. The smallest absolute Gasteiger partial charge is 0.163 e. The third-order valence-electron chi connectivity index (χ3n) is 6.60. The van der Waals surface area contributed by atoms with Gasteiger partial charge in [-0.2, -0.15) is 0 Å². The summed E-state index contributed by atoms with van der Waals surface area (Å²) in [6.07, 6.45) is 0.318. The molecule has 4 heteroatoms. The maximum absolute atomic E-state index is 13.0. The van der Waals surface area contributed by atoms with E-state index in [1.165, 1.54) is 0 Å². The van der Waals surface area contributed by atoms with Gasteiger partial charge >= 0.3 is 0 Å². The molecule has 4 rings (SSSR count). The molecule has 0 amide bonds. The quantitative estimate of drug-likeness (QED) is 0.194. The Hall–Kier alpha value is -4.18. The first-order chi connectivity index (χ1) is 18.3. The first-order valence-electron chi connectivity index (χ1n) is 12.9. The summed E-state index contributed by atoms with van der Waals surface area (Å²) in [5, 5.41) is 0. The van der Waals surface area contributed by atoms with E-state index in [4.69, 9.17) is 9.47 Å². The van der Waals surface area contributed by atoms with E-state index in [2.05, 4.69) is 0 Å². The second kappa shape index (κ2) is 12.4. The number of aryl methyl sites for hydroxylation is 4. The molecule has 0 saturated heterocycles. The molecule has 194 valence electrons. The highest BCUT2D eigenvalue weighted by Gasteiger charge is 2.16. The van der Waals surface area contributed by atoms with E-state index in [1.54, 1.807) is 0 Å². The van der Waals surface area contributed by atoms with Crippen LogP contribution in [0.4, 0.5) is 0 Å². The van der Waals surface area contributed by atoms with Gasteiger partial charge in [0, 0.05) is 24.0 Å². The standard InChI is InChI=1S/C34H34O4/c1-23-17-29(18-24(2)33(23)37-21-27-11-7-5-8-12-27)31(35)15-16-32(36)30-19-25(3)34(26(4)20-30)38-22-28-13-9-6-10-14-28/h5-14,17-20H,15-16,21-22H2,1-4H3. The number of ketones is 2. The van der Waals surface area contributed by atoms with Gasteiger partial charge in [-0.1, -0.05) is 60.7 Å². The largest absolute Gasteiger partial charge is 0.488 e. The monoisotopic (exact) mass is 506 g/mol. The Morgan fingerprint density at radius 1 is 0.526 bits per heavy atom. The molecule has 4 aromatic carbocycles. The van der Waals surface area contributed by atoms with Crippen LogP contribution in [0.3, 0.4) is 0 Å². The number of Topliss-reactive ketones (excluding diaryl/α,β-unsaturated/α-hetero) is 2. The molecule has 38 heavy (non-hydrogen) atoms. The summed E-state index contributed by atoms with van der Waals surface area (Å²) in [5.74, 6) is 1.50. The van der Waals surface area contributed by atoms with Crippen LogP contribution >= 0.6 is 0 Å². The number of hydrogen-bond acceptors (Lipinski definition) is 4. The van der Waals surface area contributed by atoms with Gasteiger partial charge in [-0.25, -0.2) is 0 Å². The minimum absolute atomic E-state index is 0.0459. The fraction of sp³-hybridized carbons (Fsp3) is 0.235. The fourth-order valence-corrected chi connectivity index (χ4v) is 4.65. The van der Waals surface area contributed by atoms with Gasteiger partial charge in [0.2, 0.25) is 0 Å². The van der Waals surface area contributed by atoms with Crippen molar-refractivity contribution < 1.29 is 19.1 Å². The molecule has 0 aromatic heterocycles. The lowest BCUT2D eigenvalue weighted by molar-refractivity contribution is 0.0917. The maximum Gasteiger partial charge on any atom is 0.163 e. The molecule has 0 spiro atoms. The minimum atomic E-state index is -0.0459. The Kier molecular flexibility index (Phi) is 8.75. The number of hydrogen-bond donors (Lipinski definition) is 0. The van der Waals surface area contributed by atoms with Gasteiger partial charge in [-0.15, -0.1) is 0 Å². The van der Waals surface area contributed by atoms with Crippen molar-refractivity contribution in [2.75, 3.05) is 0 Å². The maximum atomic E-state index is 13.0. The van der Waals surface area contributed by atoms with Gasteiger partial charge in [0.25, 0.3) is 0 Å². The van der Waals surface area contributed by atoms with Gasteiger partial charge in [0.15, 0.2) is 11.6 Å². The first kappa shape index (κ1) is 26.9. The molecule has 0 heterocycles. The van der Waals surface area contributed by atoms with E-state index in [9.17, 15) is 9.59 Å². The van der Waals surface area contributed by atoms with Crippen molar-refractivity contribution in [2.24, 2.45) is 0 Å². The van der Waals surface area contributed by atoms with Crippen LogP contribution in [-0.2, 0) is 13.2 Å². The number of rotatable bonds is 11. The van der Waals surface area contributed by atoms with Crippen LogP contribution in [0, 0.1) is 27.7 Å². The minimum Gasteiger partial charge on any atom is -0.488 e. The van der Waals surface area contributed by atoms with Crippen LogP contribution in [0.2, 0.25) is 0 Å². The van der Waals surface area contributed by atoms with Crippen molar-refractivity contribution in [3.63, 3.8) is 0 Å². The van der Waals surface area contributed by atoms with Crippen LogP contribution < -0.4 is 9.47 Å². The highest BCUT2D eigenvalue weighted by Crippen LogP contribution is 2.28. The molecule has 0 bridgehead atoms. The molecular weight excluding hydrogens is 472 g/mol. The third kappa shape index (κ3) is 6.77. The average Bonchev–Trinajstić information content (AvgIpc) is 2.91. The summed E-state index contributed by atoms with van der Waals surface area (Å²) in [7, 11) is 0.